The Bertz CT molecular complexity index is 760. The molecule has 1 aromatic rings. The Labute approximate surface area is 251 Å². The van der Waals surface area contributed by atoms with Gasteiger partial charge in [-0.1, -0.05) is 134 Å². The molecule has 1 aliphatic carbocycles. The van der Waals surface area contributed by atoms with Crippen LogP contribution in [0.5, 0.6) is 0 Å². The lowest BCUT2D eigenvalue weighted by Gasteiger charge is -2.16. The third-order valence-electron chi connectivity index (χ3n) is 6.91. The molecule has 0 aromatic heterocycles. The van der Waals surface area contributed by atoms with Crippen LogP contribution in [-0.4, -0.2) is 12.0 Å². The van der Waals surface area contributed by atoms with E-state index in [0.717, 1.165) is 29.7 Å². The molecule has 0 amide bonds. The van der Waals surface area contributed by atoms with Gasteiger partial charge in [0.15, 0.2) is 5.78 Å². The van der Waals surface area contributed by atoms with Gasteiger partial charge in [-0.25, -0.2) is 4.39 Å². The maximum Gasteiger partial charge on any atom is 0.177 e. The van der Waals surface area contributed by atoms with Gasteiger partial charge in [-0.15, -0.1) is 0 Å². The van der Waals surface area contributed by atoms with E-state index in [2.05, 4.69) is 67.0 Å². The zero-order valence-corrected chi connectivity index (χ0v) is 29.6. The first kappa shape index (κ1) is 45.2. The number of aliphatic imine (C=N–C) groups is 1. The van der Waals surface area contributed by atoms with Crippen LogP contribution in [0.3, 0.4) is 0 Å². The van der Waals surface area contributed by atoms with E-state index in [1.165, 1.54) is 63.5 Å². The SMILES string of the molecule is C=C(N=CC)C(C)=O.CC.CC.CCC(C)(C)C.CCCC[C@@H]1CC(C)C[C@@H]1CC.CCc1ccc(F)c(C)c1. The summed E-state index contributed by atoms with van der Waals surface area (Å²) >= 11 is 0. The smallest absolute Gasteiger partial charge is 0.177 e. The zero-order valence-electron chi connectivity index (χ0n) is 29.6. The summed E-state index contributed by atoms with van der Waals surface area (Å²) in [7, 11) is 0. The summed E-state index contributed by atoms with van der Waals surface area (Å²) < 4.78 is 12.6. The van der Waals surface area contributed by atoms with Gasteiger partial charge < -0.3 is 0 Å². The Kier molecular flexibility index (Phi) is 32.5. The molecule has 1 aliphatic rings. The largest absolute Gasteiger partial charge is 0.293 e. The van der Waals surface area contributed by atoms with Gasteiger partial charge in [-0.3, -0.25) is 9.79 Å². The van der Waals surface area contributed by atoms with Crippen molar-refractivity contribution in [2.45, 2.75) is 155 Å². The van der Waals surface area contributed by atoms with Crippen LogP contribution in [-0.2, 0) is 11.2 Å². The highest BCUT2D eigenvalue weighted by atomic mass is 19.1. The Balaban J connectivity index is -0.000000212. The highest BCUT2D eigenvalue weighted by molar-refractivity contribution is 5.93. The monoisotopic (exact) mass is 564 g/mol. The fourth-order valence-corrected chi connectivity index (χ4v) is 4.01. The third kappa shape index (κ3) is 26.5. The molecule has 236 valence electrons. The summed E-state index contributed by atoms with van der Waals surface area (Å²) in [5.41, 5.74) is 2.78. The predicted molar refractivity (Wildman–Crippen MR) is 182 cm³/mol. The van der Waals surface area contributed by atoms with E-state index in [0.29, 0.717) is 11.1 Å². The lowest BCUT2D eigenvalue weighted by Crippen LogP contribution is -2.06. The van der Waals surface area contributed by atoms with Crippen molar-refractivity contribution in [2.75, 3.05) is 0 Å². The summed E-state index contributed by atoms with van der Waals surface area (Å²) in [6.07, 6.45) is 12.6. The van der Waals surface area contributed by atoms with Crippen molar-refractivity contribution in [2.24, 2.45) is 28.2 Å². The molecule has 1 aromatic carbocycles. The lowest BCUT2D eigenvalue weighted by molar-refractivity contribution is -0.113. The molecule has 3 heteroatoms. The van der Waals surface area contributed by atoms with Gasteiger partial charge in [-0.05, 0) is 73.5 Å². The van der Waals surface area contributed by atoms with Crippen LogP contribution in [0.2, 0.25) is 0 Å². The number of rotatable bonds is 7. The first-order valence-corrected chi connectivity index (χ1v) is 16.2. The van der Waals surface area contributed by atoms with Gasteiger partial charge in [0, 0.05) is 13.1 Å². The quantitative estimate of drug-likeness (QED) is 0.239. The van der Waals surface area contributed by atoms with E-state index in [1.54, 1.807) is 20.1 Å². The zero-order chi connectivity index (χ0) is 32.3. The summed E-state index contributed by atoms with van der Waals surface area (Å²) in [5, 5.41) is 0. The number of nitrogens with zero attached hydrogens (tertiary/aromatic N) is 1. The molecule has 1 unspecified atom stereocenters. The minimum atomic E-state index is -0.114. The van der Waals surface area contributed by atoms with Crippen molar-refractivity contribution >= 4 is 12.0 Å². The van der Waals surface area contributed by atoms with Crippen LogP contribution >= 0.6 is 0 Å². The molecule has 1 fully saturated rings. The van der Waals surface area contributed by atoms with Crippen LogP contribution in [0, 0.1) is 35.9 Å². The van der Waals surface area contributed by atoms with Crippen molar-refractivity contribution in [1.82, 2.24) is 0 Å². The number of unbranched alkanes of at least 4 members (excludes halogenated alkanes) is 1. The van der Waals surface area contributed by atoms with E-state index >= 15 is 0 Å². The van der Waals surface area contributed by atoms with Gasteiger partial charge >= 0.3 is 0 Å². The molecule has 0 spiro atoms. The highest BCUT2D eigenvalue weighted by Gasteiger charge is 2.29. The maximum atomic E-state index is 12.6. The predicted octanol–water partition coefficient (Wildman–Crippen LogP) is 12.6. The molecule has 0 bridgehead atoms. The minimum Gasteiger partial charge on any atom is -0.293 e. The Hall–Kier alpha value is -1.77. The molecule has 1 saturated carbocycles. The second kappa shape index (κ2) is 28.7. The number of carbonyl (C=O) groups is 1. The fraction of sp³-hybridized carbons (Fsp3) is 0.730. The highest BCUT2D eigenvalue weighted by Crippen LogP contribution is 2.40. The van der Waals surface area contributed by atoms with Crippen LogP contribution < -0.4 is 0 Å². The molecular formula is C37H70FNO. The number of allylic oxidation sites excluding steroid dienone is 1. The average molecular weight is 564 g/mol. The van der Waals surface area contributed by atoms with E-state index in [9.17, 15) is 9.18 Å². The number of aryl methyl sites for hydroxylation is 2. The van der Waals surface area contributed by atoms with E-state index in [1.807, 2.05) is 39.8 Å². The normalized spacial score (nSPS) is 17.2. The lowest BCUT2D eigenvalue weighted by atomic mass is 9.89. The first-order valence-electron chi connectivity index (χ1n) is 16.2. The van der Waals surface area contributed by atoms with Gasteiger partial charge in [0.1, 0.15) is 5.82 Å². The van der Waals surface area contributed by atoms with Crippen LogP contribution in [0.1, 0.15) is 153 Å². The second-order valence-electron chi connectivity index (χ2n) is 11.4. The molecule has 0 radical (unpaired) electrons. The summed E-state index contributed by atoms with van der Waals surface area (Å²) in [6.45, 7) is 34.5. The van der Waals surface area contributed by atoms with Gasteiger partial charge in [-0.2, -0.15) is 0 Å². The van der Waals surface area contributed by atoms with Crippen LogP contribution in [0.4, 0.5) is 4.39 Å². The maximum absolute atomic E-state index is 12.6. The Morgan fingerprint density at radius 1 is 1.05 bits per heavy atom. The van der Waals surface area contributed by atoms with Crippen molar-refractivity contribution in [3.8, 4) is 0 Å². The summed E-state index contributed by atoms with van der Waals surface area (Å²) in [5.74, 6) is 2.95. The minimum absolute atomic E-state index is 0.0805. The molecule has 2 rings (SSSR count). The summed E-state index contributed by atoms with van der Waals surface area (Å²) in [4.78, 5) is 14.0. The summed E-state index contributed by atoms with van der Waals surface area (Å²) in [6, 6.07) is 5.23. The standard InChI is InChI=1S/C12H24.C9H11F.C6H9NO.C6H14.2C2H6/c1-4-6-7-12-9-10(3)8-11(12)5-2;1-3-8-4-5-9(10)7(2)6-8;1-4-7-5(2)6(3)8;1-5-6(2,3)4;2*1-2/h10-12H,4-9H2,1-3H3;4-6H,3H2,1-2H3;4H,2H2,1,3H3;5H2,1-4H3;2*1-2H3/t10?,11-,12+;;;;;/m0...../s1. The molecule has 0 N–H and O–H groups in total. The Morgan fingerprint density at radius 2 is 1.55 bits per heavy atom. The van der Waals surface area contributed by atoms with E-state index < -0.39 is 0 Å². The number of ketones is 1. The number of benzene rings is 1. The fourth-order valence-electron chi connectivity index (χ4n) is 4.01. The first-order chi connectivity index (χ1) is 18.8. The topological polar surface area (TPSA) is 29.4 Å². The van der Waals surface area contributed by atoms with Crippen molar-refractivity contribution in [3.05, 3.63) is 47.4 Å². The second-order valence-corrected chi connectivity index (χ2v) is 11.4. The van der Waals surface area contributed by atoms with Crippen LogP contribution in [0.15, 0.2) is 35.5 Å². The molecule has 3 atom stereocenters. The molecule has 0 heterocycles. The number of halogens is 1. The third-order valence-corrected chi connectivity index (χ3v) is 6.91. The molecule has 0 saturated heterocycles. The Morgan fingerprint density at radius 3 is 1.88 bits per heavy atom. The number of hydrogen-bond acceptors (Lipinski definition) is 2. The molecule has 2 nitrogen and oxygen atoms in total. The average Bonchev–Trinajstić information content (AvgIpc) is 3.31. The molecule has 40 heavy (non-hydrogen) atoms. The molecule has 0 aliphatic heterocycles. The van der Waals surface area contributed by atoms with Crippen molar-refractivity contribution in [1.29, 1.82) is 0 Å². The van der Waals surface area contributed by atoms with Crippen molar-refractivity contribution < 1.29 is 9.18 Å². The number of Topliss-reactive ketones (excluding diaryl/α,β-unsaturated/α-hetero) is 1. The number of carbonyl (C=O) groups excluding carboxylic acids is 1. The van der Waals surface area contributed by atoms with Gasteiger partial charge in [0.2, 0.25) is 0 Å². The van der Waals surface area contributed by atoms with Gasteiger partial charge in [0.25, 0.3) is 0 Å². The van der Waals surface area contributed by atoms with E-state index in [-0.39, 0.29) is 11.6 Å². The van der Waals surface area contributed by atoms with Gasteiger partial charge in [0.05, 0.1) is 5.70 Å². The number of hydrogen-bond donors (Lipinski definition) is 0. The van der Waals surface area contributed by atoms with Crippen molar-refractivity contribution in [3.63, 3.8) is 0 Å². The van der Waals surface area contributed by atoms with Crippen LogP contribution in [0.25, 0.3) is 0 Å². The van der Waals surface area contributed by atoms with E-state index in [4.69, 9.17) is 0 Å². The molecular weight excluding hydrogens is 493 g/mol.